The number of benzene rings is 2. The number of carbonyl (C=O) groups is 1. The number of thiazole rings is 1. The van der Waals surface area contributed by atoms with Gasteiger partial charge in [0.15, 0.2) is 5.78 Å². The summed E-state index contributed by atoms with van der Waals surface area (Å²) in [4.78, 5) is 18.1. The number of Topliss-reactive ketones (excluding diaryl/α,β-unsaturated/α-hetero) is 1. The molecule has 0 aliphatic heterocycles. The molecule has 0 aliphatic carbocycles. The average Bonchev–Trinajstić information content (AvgIpc) is 3.54. The molecule has 1 N–H and O–H groups in total. The van der Waals surface area contributed by atoms with Crippen LogP contribution in [0.25, 0.3) is 21.3 Å². The molecule has 0 radical (unpaired) electrons. The molecule has 7 nitrogen and oxygen atoms in total. The van der Waals surface area contributed by atoms with Crippen molar-refractivity contribution in [1.29, 1.82) is 5.26 Å². The molecule has 0 spiro atoms. The molecule has 3 aromatic heterocycles. The van der Waals surface area contributed by atoms with Crippen LogP contribution in [0.4, 0.5) is 0 Å². The fourth-order valence-electron chi connectivity index (χ4n) is 3.52. The molecule has 0 bridgehead atoms. The number of H-pyrrole nitrogens is 1. The van der Waals surface area contributed by atoms with Gasteiger partial charge in [0.05, 0.1) is 40.3 Å². The summed E-state index contributed by atoms with van der Waals surface area (Å²) in [7, 11) is 0. The fraction of sp³-hybridized carbons (Fsp3) is 0.0870. The summed E-state index contributed by atoms with van der Waals surface area (Å²) in [5.74, 6) is -0.0668. The summed E-state index contributed by atoms with van der Waals surface area (Å²) >= 11 is 1.57. The molecule has 0 unspecified atom stereocenters. The number of hydrogen-bond donors (Lipinski definition) is 1. The third kappa shape index (κ3) is 3.86. The minimum atomic E-state index is -0.0668. The van der Waals surface area contributed by atoms with Crippen LogP contribution in [0, 0.1) is 11.3 Å². The van der Waals surface area contributed by atoms with Crippen molar-refractivity contribution in [2.75, 3.05) is 0 Å². The predicted molar refractivity (Wildman–Crippen MR) is 118 cm³/mol. The number of nitrogens with zero attached hydrogens (tertiary/aromatic N) is 5. The maximum atomic E-state index is 12.9. The topological polar surface area (TPSA) is 100 Å². The zero-order chi connectivity index (χ0) is 21.2. The summed E-state index contributed by atoms with van der Waals surface area (Å²) in [6.07, 6.45) is 5.59. The zero-order valence-corrected chi connectivity index (χ0v) is 17.1. The third-order valence-electron chi connectivity index (χ3n) is 5.00. The second kappa shape index (κ2) is 7.97. The Morgan fingerprint density at radius 3 is 2.94 bits per heavy atom. The molecule has 2 aromatic carbocycles. The molecule has 0 atom stereocenters. The van der Waals surface area contributed by atoms with Crippen LogP contribution in [0.15, 0.2) is 66.6 Å². The van der Waals surface area contributed by atoms with Crippen molar-refractivity contribution >= 4 is 28.0 Å². The van der Waals surface area contributed by atoms with Crippen LogP contribution in [0.5, 0.6) is 0 Å². The second-order valence-corrected chi connectivity index (χ2v) is 8.04. The average molecular weight is 424 g/mol. The summed E-state index contributed by atoms with van der Waals surface area (Å²) in [6.45, 7) is 0.537. The summed E-state index contributed by atoms with van der Waals surface area (Å²) in [5, 5.41) is 21.4. The Bertz CT molecular complexity index is 1420. The Hall–Kier alpha value is -4.09. The van der Waals surface area contributed by atoms with Crippen molar-refractivity contribution in [2.45, 2.75) is 13.0 Å². The minimum absolute atomic E-state index is 0.0668. The molecule has 0 saturated carbocycles. The van der Waals surface area contributed by atoms with Gasteiger partial charge in [-0.2, -0.15) is 15.5 Å². The van der Waals surface area contributed by atoms with Crippen molar-refractivity contribution < 1.29 is 4.79 Å². The molecule has 3 heterocycles. The van der Waals surface area contributed by atoms with Crippen molar-refractivity contribution in [3.8, 4) is 16.5 Å². The van der Waals surface area contributed by atoms with Gasteiger partial charge in [-0.05, 0) is 41.0 Å². The van der Waals surface area contributed by atoms with E-state index in [1.54, 1.807) is 33.8 Å². The lowest BCUT2D eigenvalue weighted by Crippen LogP contribution is -2.04. The van der Waals surface area contributed by atoms with Gasteiger partial charge in [0, 0.05) is 24.2 Å². The minimum Gasteiger partial charge on any atom is -0.292 e. The van der Waals surface area contributed by atoms with E-state index in [0.717, 1.165) is 32.5 Å². The van der Waals surface area contributed by atoms with E-state index in [2.05, 4.69) is 26.3 Å². The molecule has 0 fully saturated rings. The van der Waals surface area contributed by atoms with E-state index >= 15 is 0 Å². The van der Waals surface area contributed by atoms with E-state index in [0.29, 0.717) is 17.8 Å². The standard InChI is InChI=1S/C23H16N6OS/c24-9-15-2-1-3-16(6-15)12-29-13-17(10-26-29)7-21(30)23-19-5-4-18(8-20(19)27-28-23)22-11-25-14-31-22/h1-6,8,10-11,13-14H,7,12H2,(H,27,28). The Morgan fingerprint density at radius 2 is 2.10 bits per heavy atom. The first-order valence-corrected chi connectivity index (χ1v) is 10.5. The maximum Gasteiger partial charge on any atom is 0.188 e. The predicted octanol–water partition coefficient (Wildman–Crippen LogP) is 4.23. The highest BCUT2D eigenvalue weighted by Gasteiger charge is 2.16. The number of nitrogens with one attached hydrogen (secondary N) is 1. The molecule has 8 heteroatoms. The van der Waals surface area contributed by atoms with E-state index in [1.807, 2.05) is 48.8 Å². The van der Waals surface area contributed by atoms with Crippen LogP contribution >= 0.6 is 11.3 Å². The largest absolute Gasteiger partial charge is 0.292 e. The molecular formula is C23H16N6OS. The molecule has 0 saturated heterocycles. The van der Waals surface area contributed by atoms with Crippen molar-refractivity contribution in [3.05, 3.63) is 88.9 Å². The molecule has 150 valence electrons. The molecule has 0 amide bonds. The van der Waals surface area contributed by atoms with E-state index in [9.17, 15) is 4.79 Å². The van der Waals surface area contributed by atoms with Gasteiger partial charge in [0.25, 0.3) is 0 Å². The van der Waals surface area contributed by atoms with Crippen LogP contribution in [-0.2, 0) is 13.0 Å². The first kappa shape index (κ1) is 18.9. The highest BCUT2D eigenvalue weighted by atomic mass is 32.1. The van der Waals surface area contributed by atoms with E-state index in [1.165, 1.54) is 0 Å². The lowest BCUT2D eigenvalue weighted by molar-refractivity contribution is 0.0989. The lowest BCUT2D eigenvalue weighted by atomic mass is 10.1. The number of ketones is 1. The Balaban J connectivity index is 1.32. The van der Waals surface area contributed by atoms with Crippen LogP contribution in [0.2, 0.25) is 0 Å². The van der Waals surface area contributed by atoms with Gasteiger partial charge in [-0.15, -0.1) is 11.3 Å². The number of carbonyl (C=O) groups excluding carboxylic acids is 1. The Labute approximate surface area is 181 Å². The Kier molecular flexibility index (Phi) is 4.86. The second-order valence-electron chi connectivity index (χ2n) is 7.16. The Morgan fingerprint density at radius 1 is 1.16 bits per heavy atom. The molecule has 5 aromatic rings. The number of aromatic amines is 1. The molecule has 31 heavy (non-hydrogen) atoms. The van der Waals surface area contributed by atoms with Gasteiger partial charge in [-0.25, -0.2) is 0 Å². The summed E-state index contributed by atoms with van der Waals surface area (Å²) in [6, 6.07) is 15.4. The van der Waals surface area contributed by atoms with Gasteiger partial charge in [0.1, 0.15) is 5.69 Å². The highest BCUT2D eigenvalue weighted by molar-refractivity contribution is 7.13. The third-order valence-corrected chi connectivity index (χ3v) is 5.82. The van der Waals surface area contributed by atoms with Gasteiger partial charge >= 0.3 is 0 Å². The van der Waals surface area contributed by atoms with E-state index < -0.39 is 0 Å². The smallest absolute Gasteiger partial charge is 0.188 e. The SMILES string of the molecule is N#Cc1cccc(Cn2cc(CC(=O)c3n[nH]c4cc(-c5cncs5)ccc34)cn2)c1. The first-order valence-electron chi connectivity index (χ1n) is 9.60. The molecule has 0 aliphatic rings. The fourth-order valence-corrected chi connectivity index (χ4v) is 4.14. The molecular weight excluding hydrogens is 408 g/mol. The van der Waals surface area contributed by atoms with Crippen LogP contribution in [0.3, 0.4) is 0 Å². The van der Waals surface area contributed by atoms with Crippen molar-refractivity contribution in [2.24, 2.45) is 0 Å². The number of hydrogen-bond acceptors (Lipinski definition) is 6. The van der Waals surface area contributed by atoms with Crippen LogP contribution < -0.4 is 0 Å². The maximum absolute atomic E-state index is 12.9. The van der Waals surface area contributed by atoms with Crippen molar-refractivity contribution in [3.63, 3.8) is 0 Å². The van der Waals surface area contributed by atoms with Gasteiger partial charge in [0.2, 0.25) is 0 Å². The van der Waals surface area contributed by atoms with E-state index in [-0.39, 0.29) is 12.2 Å². The highest BCUT2D eigenvalue weighted by Crippen LogP contribution is 2.27. The van der Waals surface area contributed by atoms with Gasteiger partial charge in [-0.1, -0.05) is 18.2 Å². The van der Waals surface area contributed by atoms with Crippen LogP contribution in [-0.4, -0.2) is 30.7 Å². The quantitative estimate of drug-likeness (QED) is 0.411. The molecule has 5 rings (SSSR count). The monoisotopic (exact) mass is 424 g/mol. The van der Waals surface area contributed by atoms with Gasteiger partial charge in [-0.3, -0.25) is 19.6 Å². The number of nitriles is 1. The van der Waals surface area contributed by atoms with E-state index in [4.69, 9.17) is 5.26 Å². The lowest BCUT2D eigenvalue weighted by Gasteiger charge is -2.02. The summed E-state index contributed by atoms with van der Waals surface area (Å²) < 4.78 is 1.77. The van der Waals surface area contributed by atoms with Crippen molar-refractivity contribution in [1.82, 2.24) is 25.0 Å². The number of fused-ring (bicyclic) bond motifs is 1. The van der Waals surface area contributed by atoms with Crippen LogP contribution in [0.1, 0.15) is 27.2 Å². The number of aromatic nitrogens is 5. The normalized spacial score (nSPS) is 10.9. The number of rotatable bonds is 6. The summed E-state index contributed by atoms with van der Waals surface area (Å²) in [5.41, 5.74) is 6.50. The van der Waals surface area contributed by atoms with Gasteiger partial charge < -0.3 is 0 Å². The zero-order valence-electron chi connectivity index (χ0n) is 16.3. The first-order chi connectivity index (χ1) is 15.2.